The van der Waals surface area contributed by atoms with Crippen LogP contribution in [0, 0.1) is 20.2 Å². The van der Waals surface area contributed by atoms with E-state index in [4.69, 9.17) is 9.47 Å². The highest BCUT2D eigenvalue weighted by atomic mass is 16.6. The highest BCUT2D eigenvalue weighted by molar-refractivity contribution is 5.55. The predicted octanol–water partition coefficient (Wildman–Crippen LogP) is 4.81. The van der Waals surface area contributed by atoms with Crippen molar-refractivity contribution in [3.05, 3.63) is 50.1 Å². The molecule has 0 spiro atoms. The van der Waals surface area contributed by atoms with Gasteiger partial charge in [-0.05, 0) is 59.1 Å². The van der Waals surface area contributed by atoms with Crippen LogP contribution < -0.4 is 4.74 Å². The van der Waals surface area contributed by atoms with E-state index in [-0.39, 0.29) is 18.0 Å². The van der Waals surface area contributed by atoms with Crippen LogP contribution >= 0.6 is 0 Å². The normalized spacial score (nSPS) is 12.1. The Kier molecular flexibility index (Phi) is 8.18. The van der Waals surface area contributed by atoms with Crippen molar-refractivity contribution in [1.29, 1.82) is 0 Å². The number of benzene rings is 1. The number of nitrogens with zero attached hydrogens (tertiary/aromatic N) is 2. The summed E-state index contributed by atoms with van der Waals surface area (Å²) in [5.74, 6) is 0.226. The zero-order valence-corrected chi connectivity index (χ0v) is 15.7. The van der Waals surface area contributed by atoms with Gasteiger partial charge in [0.1, 0.15) is 12.4 Å². The number of nitro groups is 2. The lowest BCUT2D eigenvalue weighted by Gasteiger charge is -2.24. The first kappa shape index (κ1) is 21.6. The molecular formula is C18H26N2O6. The van der Waals surface area contributed by atoms with Gasteiger partial charge in [0, 0.05) is 12.7 Å². The van der Waals surface area contributed by atoms with Crippen molar-refractivity contribution in [3.8, 4) is 5.75 Å². The van der Waals surface area contributed by atoms with Gasteiger partial charge in [-0.25, -0.2) is 0 Å². The fourth-order valence-electron chi connectivity index (χ4n) is 2.53. The number of rotatable bonds is 11. The molecule has 0 atom stereocenters. The van der Waals surface area contributed by atoms with Crippen molar-refractivity contribution in [1.82, 2.24) is 0 Å². The van der Waals surface area contributed by atoms with E-state index in [0.717, 1.165) is 37.0 Å². The average Bonchev–Trinajstić information content (AvgIpc) is 2.54. The van der Waals surface area contributed by atoms with E-state index in [9.17, 15) is 20.2 Å². The van der Waals surface area contributed by atoms with E-state index >= 15 is 0 Å². The first-order chi connectivity index (χ1) is 12.2. The fraction of sp³-hybridized carbons (Fsp3) is 0.556. The molecule has 8 heteroatoms. The van der Waals surface area contributed by atoms with Crippen molar-refractivity contribution in [3.63, 3.8) is 0 Å². The third-order valence-corrected chi connectivity index (χ3v) is 3.91. The van der Waals surface area contributed by atoms with Gasteiger partial charge < -0.3 is 9.47 Å². The van der Waals surface area contributed by atoms with Crippen LogP contribution in [0.5, 0.6) is 5.75 Å². The molecule has 0 unspecified atom stereocenters. The van der Waals surface area contributed by atoms with Crippen LogP contribution in [0.15, 0.2) is 29.8 Å². The summed E-state index contributed by atoms with van der Waals surface area (Å²) in [5, 5.41) is 21.7. The molecule has 0 aliphatic heterocycles. The summed E-state index contributed by atoms with van der Waals surface area (Å²) in [7, 11) is 0. The molecule has 0 heterocycles. The van der Waals surface area contributed by atoms with Crippen LogP contribution in [-0.2, 0) is 4.74 Å². The summed E-state index contributed by atoms with van der Waals surface area (Å²) >= 11 is 0. The maximum Gasteiger partial charge on any atom is 0.349 e. The Labute approximate surface area is 153 Å². The highest BCUT2D eigenvalue weighted by Gasteiger charge is 2.24. The molecule has 1 rings (SSSR count). The summed E-state index contributed by atoms with van der Waals surface area (Å²) in [6.45, 7) is 9.05. The van der Waals surface area contributed by atoms with Gasteiger partial charge in [0.2, 0.25) is 0 Å². The first-order valence-electron chi connectivity index (χ1n) is 8.51. The molecule has 0 aromatic heterocycles. The van der Waals surface area contributed by atoms with E-state index in [2.05, 4.69) is 13.8 Å². The number of hydrogen-bond acceptors (Lipinski definition) is 6. The molecule has 0 bridgehead atoms. The molecule has 0 saturated heterocycles. The smallest absolute Gasteiger partial charge is 0.349 e. The number of allylic oxidation sites excluding steroid dienone is 1. The summed E-state index contributed by atoms with van der Waals surface area (Å²) in [6.07, 6.45) is 4.74. The number of hydrogen-bond donors (Lipinski definition) is 0. The molecule has 0 saturated carbocycles. The summed E-state index contributed by atoms with van der Waals surface area (Å²) in [4.78, 5) is 20.2. The molecule has 0 aliphatic rings. The molecule has 1 aromatic carbocycles. The Bertz CT molecular complexity index is 670. The lowest BCUT2D eigenvalue weighted by Crippen LogP contribution is -2.24. The van der Waals surface area contributed by atoms with Gasteiger partial charge in [-0.15, -0.1) is 0 Å². The van der Waals surface area contributed by atoms with Gasteiger partial charge in [-0.1, -0.05) is 5.57 Å². The molecule has 0 aliphatic carbocycles. The van der Waals surface area contributed by atoms with Crippen LogP contribution in [0.3, 0.4) is 0 Å². The van der Waals surface area contributed by atoms with Gasteiger partial charge >= 0.3 is 11.4 Å². The van der Waals surface area contributed by atoms with Crippen LogP contribution in [0.2, 0.25) is 0 Å². The summed E-state index contributed by atoms with van der Waals surface area (Å²) < 4.78 is 11.1. The van der Waals surface area contributed by atoms with E-state index in [1.54, 1.807) is 0 Å². The topological polar surface area (TPSA) is 105 Å². The van der Waals surface area contributed by atoms with Gasteiger partial charge in [0.25, 0.3) is 0 Å². The van der Waals surface area contributed by atoms with Gasteiger partial charge in [-0.2, -0.15) is 0 Å². The first-order valence-corrected chi connectivity index (χ1v) is 8.51. The van der Waals surface area contributed by atoms with Gasteiger partial charge in [0.15, 0.2) is 0 Å². The van der Waals surface area contributed by atoms with Gasteiger partial charge in [-0.3, -0.25) is 20.2 Å². The molecule has 26 heavy (non-hydrogen) atoms. The van der Waals surface area contributed by atoms with Crippen molar-refractivity contribution < 1.29 is 19.3 Å². The standard InChI is InChI=1S/C18H26N2O6/c1-5-26-18(3,4)11-6-7-14(2)10-12-25-15-8-9-16(19(21)22)17(13-15)20(23)24/h8-10,13H,5-7,11-12H2,1-4H3/b14-10+. The second-order valence-electron chi connectivity index (χ2n) is 6.57. The molecule has 0 radical (unpaired) electrons. The van der Waals surface area contributed by atoms with E-state index in [1.807, 2.05) is 19.9 Å². The zero-order chi connectivity index (χ0) is 19.7. The minimum absolute atomic E-state index is 0.136. The number of ether oxygens (including phenoxy) is 2. The molecule has 0 N–H and O–H groups in total. The Hall–Kier alpha value is -2.48. The third-order valence-electron chi connectivity index (χ3n) is 3.91. The van der Waals surface area contributed by atoms with E-state index in [1.165, 1.54) is 6.07 Å². The second-order valence-corrected chi connectivity index (χ2v) is 6.57. The minimum Gasteiger partial charge on any atom is -0.489 e. The SMILES string of the molecule is CCOC(C)(C)CCC/C(C)=C/COc1ccc([N+](=O)[O-])c([N+](=O)[O-])c1. The van der Waals surface area contributed by atoms with Crippen LogP contribution in [-0.4, -0.2) is 28.7 Å². The van der Waals surface area contributed by atoms with E-state index < -0.39 is 21.2 Å². The zero-order valence-electron chi connectivity index (χ0n) is 15.7. The van der Waals surface area contributed by atoms with Gasteiger partial charge in [0.05, 0.1) is 21.5 Å². The number of nitro benzene ring substituents is 2. The lowest BCUT2D eigenvalue weighted by atomic mass is 9.99. The molecule has 1 aromatic rings. The van der Waals surface area contributed by atoms with Crippen LogP contribution in [0.4, 0.5) is 11.4 Å². The fourth-order valence-corrected chi connectivity index (χ4v) is 2.53. The average molecular weight is 366 g/mol. The third kappa shape index (κ3) is 7.18. The second kappa shape index (κ2) is 9.86. The molecule has 0 amide bonds. The maximum absolute atomic E-state index is 10.9. The lowest BCUT2D eigenvalue weighted by molar-refractivity contribution is -0.422. The Morgan fingerprint density at radius 3 is 2.42 bits per heavy atom. The molecule has 0 fully saturated rings. The largest absolute Gasteiger partial charge is 0.489 e. The van der Waals surface area contributed by atoms with Crippen LogP contribution in [0.1, 0.15) is 47.0 Å². The highest BCUT2D eigenvalue weighted by Crippen LogP contribution is 2.30. The monoisotopic (exact) mass is 366 g/mol. The van der Waals surface area contributed by atoms with Crippen molar-refractivity contribution >= 4 is 11.4 Å². The Morgan fingerprint density at radius 1 is 1.19 bits per heavy atom. The minimum atomic E-state index is -0.786. The molecular weight excluding hydrogens is 340 g/mol. The maximum atomic E-state index is 10.9. The molecule has 8 nitrogen and oxygen atoms in total. The predicted molar refractivity (Wildman–Crippen MR) is 98.6 cm³/mol. The van der Waals surface area contributed by atoms with Crippen LogP contribution in [0.25, 0.3) is 0 Å². The van der Waals surface area contributed by atoms with Crippen molar-refractivity contribution in [2.75, 3.05) is 13.2 Å². The van der Waals surface area contributed by atoms with E-state index in [0.29, 0.717) is 6.61 Å². The quantitative estimate of drug-likeness (QED) is 0.316. The molecule has 144 valence electrons. The Morgan fingerprint density at radius 2 is 1.85 bits per heavy atom. The van der Waals surface area contributed by atoms with Crippen molar-refractivity contribution in [2.24, 2.45) is 0 Å². The summed E-state index contributed by atoms with van der Waals surface area (Å²) in [6, 6.07) is 3.52. The Balaban J connectivity index is 2.56. The summed E-state index contributed by atoms with van der Waals surface area (Å²) in [5.41, 5.74) is -0.116. The van der Waals surface area contributed by atoms with Crippen molar-refractivity contribution in [2.45, 2.75) is 52.6 Å².